The zero-order valence-electron chi connectivity index (χ0n) is 13.7. The zero-order chi connectivity index (χ0) is 18.1. The highest BCUT2D eigenvalue weighted by Crippen LogP contribution is 2.31. The van der Waals surface area contributed by atoms with Crippen LogP contribution in [-0.2, 0) is 17.4 Å². The van der Waals surface area contributed by atoms with E-state index >= 15 is 0 Å². The van der Waals surface area contributed by atoms with Crippen molar-refractivity contribution in [2.24, 2.45) is 0 Å². The van der Waals surface area contributed by atoms with Crippen molar-refractivity contribution in [2.45, 2.75) is 25.4 Å². The SMILES string of the molecule is O=C(CCCOc1ccccc1)NCCc1ccccc1C(F)(F)F. The van der Waals surface area contributed by atoms with Gasteiger partial charge in [0.15, 0.2) is 0 Å². The van der Waals surface area contributed by atoms with Gasteiger partial charge in [-0.3, -0.25) is 4.79 Å². The number of carbonyl (C=O) groups excluding carboxylic acids is 1. The number of amides is 1. The molecule has 0 aliphatic heterocycles. The molecule has 2 aromatic carbocycles. The molecule has 0 saturated carbocycles. The van der Waals surface area contributed by atoms with Gasteiger partial charge in [0, 0.05) is 13.0 Å². The molecule has 25 heavy (non-hydrogen) atoms. The Labute approximate surface area is 144 Å². The molecule has 134 valence electrons. The van der Waals surface area contributed by atoms with E-state index in [4.69, 9.17) is 4.74 Å². The lowest BCUT2D eigenvalue weighted by Crippen LogP contribution is -2.26. The molecule has 0 unspecified atom stereocenters. The van der Waals surface area contributed by atoms with E-state index in [0.29, 0.717) is 13.0 Å². The summed E-state index contributed by atoms with van der Waals surface area (Å²) in [4.78, 5) is 11.7. The standard InChI is InChI=1S/C19H20F3NO2/c20-19(21,22)17-10-5-4-7-15(17)12-13-23-18(24)11-6-14-25-16-8-2-1-3-9-16/h1-5,7-10H,6,11-14H2,(H,23,24). The van der Waals surface area contributed by atoms with E-state index in [1.54, 1.807) is 6.07 Å². The van der Waals surface area contributed by atoms with E-state index in [0.717, 1.165) is 11.8 Å². The molecule has 1 amide bonds. The van der Waals surface area contributed by atoms with Crippen LogP contribution in [0.1, 0.15) is 24.0 Å². The van der Waals surface area contributed by atoms with Crippen molar-refractivity contribution >= 4 is 5.91 Å². The van der Waals surface area contributed by atoms with Crippen molar-refractivity contribution in [3.8, 4) is 5.75 Å². The van der Waals surface area contributed by atoms with Crippen LogP contribution in [-0.4, -0.2) is 19.1 Å². The highest BCUT2D eigenvalue weighted by Gasteiger charge is 2.32. The van der Waals surface area contributed by atoms with Crippen molar-refractivity contribution < 1.29 is 22.7 Å². The lowest BCUT2D eigenvalue weighted by Gasteiger charge is -2.13. The predicted octanol–water partition coefficient (Wildman–Crippen LogP) is 4.22. The first kappa shape index (κ1) is 18.8. The lowest BCUT2D eigenvalue weighted by atomic mass is 10.0. The molecule has 0 aliphatic rings. The molecule has 0 aromatic heterocycles. The van der Waals surface area contributed by atoms with Crippen LogP contribution in [0.2, 0.25) is 0 Å². The number of rotatable bonds is 8. The van der Waals surface area contributed by atoms with Gasteiger partial charge < -0.3 is 10.1 Å². The van der Waals surface area contributed by atoms with E-state index in [1.165, 1.54) is 12.1 Å². The van der Waals surface area contributed by atoms with E-state index in [9.17, 15) is 18.0 Å². The summed E-state index contributed by atoms with van der Waals surface area (Å²) in [7, 11) is 0. The van der Waals surface area contributed by atoms with Gasteiger partial charge in [0.2, 0.25) is 5.91 Å². The van der Waals surface area contributed by atoms with E-state index in [1.807, 2.05) is 30.3 Å². The third kappa shape index (κ3) is 6.49. The molecule has 0 bridgehead atoms. The number of para-hydroxylation sites is 1. The van der Waals surface area contributed by atoms with E-state index in [2.05, 4.69) is 5.32 Å². The molecule has 3 nitrogen and oxygen atoms in total. The Bertz CT molecular complexity index is 672. The van der Waals surface area contributed by atoms with Gasteiger partial charge in [-0.05, 0) is 36.6 Å². The Hall–Kier alpha value is -2.50. The van der Waals surface area contributed by atoms with Crippen LogP contribution < -0.4 is 10.1 Å². The summed E-state index contributed by atoms with van der Waals surface area (Å²) in [6.07, 6.45) is -3.43. The summed E-state index contributed by atoms with van der Waals surface area (Å²) >= 11 is 0. The number of benzene rings is 2. The number of alkyl halides is 3. The van der Waals surface area contributed by atoms with Crippen LogP contribution >= 0.6 is 0 Å². The minimum Gasteiger partial charge on any atom is -0.494 e. The van der Waals surface area contributed by atoms with Crippen LogP contribution in [0.25, 0.3) is 0 Å². The van der Waals surface area contributed by atoms with E-state index < -0.39 is 11.7 Å². The molecule has 0 radical (unpaired) electrons. The van der Waals surface area contributed by atoms with Gasteiger partial charge in [-0.15, -0.1) is 0 Å². The van der Waals surface area contributed by atoms with Crippen LogP contribution in [0.4, 0.5) is 13.2 Å². The highest BCUT2D eigenvalue weighted by atomic mass is 19.4. The Morgan fingerprint density at radius 3 is 2.40 bits per heavy atom. The van der Waals surface area contributed by atoms with Crippen LogP contribution in [0.5, 0.6) is 5.75 Å². The minimum absolute atomic E-state index is 0.141. The average Bonchev–Trinajstić information content (AvgIpc) is 2.59. The van der Waals surface area contributed by atoms with Gasteiger partial charge in [0.1, 0.15) is 5.75 Å². The van der Waals surface area contributed by atoms with Gasteiger partial charge in [0.25, 0.3) is 0 Å². The molecule has 0 spiro atoms. The van der Waals surface area contributed by atoms with E-state index in [-0.39, 0.29) is 30.9 Å². The maximum atomic E-state index is 12.9. The number of hydrogen-bond donors (Lipinski definition) is 1. The van der Waals surface area contributed by atoms with Gasteiger partial charge in [-0.1, -0.05) is 36.4 Å². The number of hydrogen-bond acceptors (Lipinski definition) is 2. The molecule has 0 fully saturated rings. The fraction of sp³-hybridized carbons (Fsp3) is 0.316. The first-order valence-electron chi connectivity index (χ1n) is 8.06. The van der Waals surface area contributed by atoms with Crippen molar-refractivity contribution in [1.82, 2.24) is 5.32 Å². The second-order valence-corrected chi connectivity index (χ2v) is 5.52. The Morgan fingerprint density at radius 1 is 1.00 bits per heavy atom. The van der Waals surface area contributed by atoms with Crippen molar-refractivity contribution in [1.29, 1.82) is 0 Å². The number of ether oxygens (including phenoxy) is 1. The second-order valence-electron chi connectivity index (χ2n) is 5.52. The lowest BCUT2D eigenvalue weighted by molar-refractivity contribution is -0.138. The third-order valence-corrected chi connectivity index (χ3v) is 3.60. The second kappa shape index (κ2) is 9.11. The summed E-state index contributed by atoms with van der Waals surface area (Å²) in [6.45, 7) is 0.583. The number of carbonyl (C=O) groups is 1. The molecule has 0 atom stereocenters. The van der Waals surface area contributed by atoms with Crippen LogP contribution in [0.3, 0.4) is 0 Å². The van der Waals surface area contributed by atoms with Gasteiger partial charge >= 0.3 is 6.18 Å². The summed E-state index contributed by atoms with van der Waals surface area (Å²) in [5.41, 5.74) is -0.469. The first-order valence-corrected chi connectivity index (χ1v) is 8.06. The van der Waals surface area contributed by atoms with Crippen molar-refractivity contribution in [3.63, 3.8) is 0 Å². The monoisotopic (exact) mass is 351 g/mol. The fourth-order valence-electron chi connectivity index (χ4n) is 2.38. The van der Waals surface area contributed by atoms with Crippen molar-refractivity contribution in [3.05, 3.63) is 65.7 Å². The molecule has 2 rings (SSSR count). The molecule has 6 heteroatoms. The Balaban J connectivity index is 1.67. The maximum absolute atomic E-state index is 12.9. The van der Waals surface area contributed by atoms with Crippen LogP contribution in [0, 0.1) is 0 Å². The molecule has 1 N–H and O–H groups in total. The third-order valence-electron chi connectivity index (χ3n) is 3.60. The molecule has 0 heterocycles. The summed E-state index contributed by atoms with van der Waals surface area (Å²) in [5.74, 6) is 0.549. The molecule has 0 aliphatic carbocycles. The molecule has 2 aromatic rings. The molecular formula is C19H20F3NO2. The first-order chi connectivity index (χ1) is 12.0. The quantitative estimate of drug-likeness (QED) is 0.723. The zero-order valence-corrected chi connectivity index (χ0v) is 13.7. The number of nitrogens with one attached hydrogen (secondary N) is 1. The average molecular weight is 351 g/mol. The fourth-order valence-corrected chi connectivity index (χ4v) is 2.38. The maximum Gasteiger partial charge on any atom is 0.416 e. The van der Waals surface area contributed by atoms with Crippen molar-refractivity contribution in [2.75, 3.05) is 13.2 Å². The summed E-state index contributed by atoms with van der Waals surface area (Å²) in [6, 6.07) is 14.7. The van der Waals surface area contributed by atoms with Gasteiger partial charge in [-0.2, -0.15) is 13.2 Å². The van der Waals surface area contributed by atoms with Crippen LogP contribution in [0.15, 0.2) is 54.6 Å². The number of halogens is 3. The predicted molar refractivity (Wildman–Crippen MR) is 89.3 cm³/mol. The highest BCUT2D eigenvalue weighted by molar-refractivity contribution is 5.75. The Kier molecular flexibility index (Phi) is 6.86. The minimum atomic E-state index is -4.38. The van der Waals surface area contributed by atoms with Gasteiger partial charge in [0.05, 0.1) is 12.2 Å². The topological polar surface area (TPSA) is 38.3 Å². The Morgan fingerprint density at radius 2 is 1.68 bits per heavy atom. The molecule has 0 saturated heterocycles. The smallest absolute Gasteiger partial charge is 0.416 e. The normalized spacial score (nSPS) is 11.2. The summed E-state index contributed by atoms with van der Waals surface area (Å²) in [5, 5.41) is 2.65. The molecular weight excluding hydrogens is 331 g/mol. The largest absolute Gasteiger partial charge is 0.494 e. The summed E-state index contributed by atoms with van der Waals surface area (Å²) < 4.78 is 44.1. The van der Waals surface area contributed by atoms with Gasteiger partial charge in [-0.25, -0.2) is 0 Å².